The van der Waals surface area contributed by atoms with Gasteiger partial charge in [0, 0.05) is 29.4 Å². The summed E-state index contributed by atoms with van der Waals surface area (Å²) in [5.74, 6) is 0.394. The third-order valence-electron chi connectivity index (χ3n) is 1.07. The summed E-state index contributed by atoms with van der Waals surface area (Å²) in [5, 5.41) is 2.31. The molecule has 0 saturated heterocycles. The largest absolute Gasteiger partial charge is 0.354 e. The van der Waals surface area contributed by atoms with E-state index in [2.05, 4.69) is 17.9 Å². The summed E-state index contributed by atoms with van der Waals surface area (Å²) < 4.78 is 10.5. The highest BCUT2D eigenvalue weighted by Gasteiger charge is 2.05. The van der Waals surface area contributed by atoms with Crippen molar-refractivity contribution in [3.05, 3.63) is 0 Å². The molecule has 0 bridgehead atoms. The maximum atomic E-state index is 10.8. The first-order chi connectivity index (χ1) is 5.04. The minimum atomic E-state index is -0.835. The molecular weight excluding hydrogens is 182 g/mol. The van der Waals surface area contributed by atoms with Crippen molar-refractivity contribution in [3.63, 3.8) is 0 Å². The molecule has 0 saturated carbocycles. The maximum absolute atomic E-state index is 10.8. The molecule has 11 heavy (non-hydrogen) atoms. The lowest BCUT2D eigenvalue weighted by atomic mass is 10.4. The van der Waals surface area contributed by atoms with Gasteiger partial charge < -0.3 is 5.32 Å². The van der Waals surface area contributed by atoms with Crippen LogP contribution in [0.5, 0.6) is 0 Å². The zero-order valence-electron chi connectivity index (χ0n) is 6.66. The molecule has 0 aliphatic heterocycles. The van der Waals surface area contributed by atoms with Crippen molar-refractivity contribution in [2.45, 2.75) is 12.2 Å². The molecule has 2 unspecified atom stereocenters. The van der Waals surface area contributed by atoms with E-state index in [9.17, 15) is 9.00 Å². The lowest BCUT2D eigenvalue weighted by Crippen LogP contribution is -2.32. The Kier molecular flexibility index (Phi) is 5.58. The van der Waals surface area contributed by atoms with Crippen LogP contribution in [0.25, 0.3) is 0 Å². The second-order valence-electron chi connectivity index (χ2n) is 2.24. The van der Waals surface area contributed by atoms with Crippen molar-refractivity contribution in [3.8, 4) is 0 Å². The summed E-state index contributed by atoms with van der Waals surface area (Å²) in [5.41, 5.74) is 0. The van der Waals surface area contributed by atoms with Gasteiger partial charge in [-0.05, 0) is 6.92 Å². The normalized spacial score (nSPS) is 15.5. The second-order valence-corrected chi connectivity index (χ2v) is 4.57. The van der Waals surface area contributed by atoms with Crippen molar-refractivity contribution in [1.29, 1.82) is 0 Å². The van der Waals surface area contributed by atoms with Crippen molar-refractivity contribution in [2.75, 3.05) is 18.6 Å². The Morgan fingerprint density at radius 2 is 2.27 bits per heavy atom. The molecule has 0 aliphatic carbocycles. The molecule has 0 spiro atoms. The van der Waals surface area contributed by atoms with E-state index in [4.69, 9.17) is 0 Å². The number of carbonyl (C=O) groups excluding carboxylic acids is 1. The number of thiol groups is 1. The zero-order chi connectivity index (χ0) is 8.85. The van der Waals surface area contributed by atoms with Gasteiger partial charge in [0.1, 0.15) is 0 Å². The molecule has 3 nitrogen and oxygen atoms in total. The maximum Gasteiger partial charge on any atom is 0.232 e. The van der Waals surface area contributed by atoms with E-state index >= 15 is 0 Å². The standard InChI is InChI=1S/C6H13NO2S2/c1-5(10)6(8)7-3-4-11(2)9/h5,10H,3-4H2,1-2H3,(H,7,8). The average Bonchev–Trinajstić information content (AvgIpc) is 1.86. The minimum absolute atomic E-state index is 0.112. The Hall–Kier alpha value is -0.0300. The SMILES string of the molecule is CC(S)C(=O)NCCS(C)=O. The third kappa shape index (κ3) is 6.37. The van der Waals surface area contributed by atoms with E-state index in [-0.39, 0.29) is 11.2 Å². The zero-order valence-corrected chi connectivity index (χ0v) is 8.37. The fourth-order valence-corrected chi connectivity index (χ4v) is 0.946. The van der Waals surface area contributed by atoms with E-state index in [1.807, 2.05) is 0 Å². The van der Waals surface area contributed by atoms with E-state index in [0.717, 1.165) is 0 Å². The van der Waals surface area contributed by atoms with Gasteiger partial charge in [0.2, 0.25) is 5.91 Å². The highest BCUT2D eigenvalue weighted by Crippen LogP contribution is 1.90. The fraction of sp³-hybridized carbons (Fsp3) is 0.833. The number of carbonyl (C=O) groups is 1. The van der Waals surface area contributed by atoms with Crippen LogP contribution >= 0.6 is 12.6 Å². The number of hydrogen-bond acceptors (Lipinski definition) is 3. The lowest BCUT2D eigenvalue weighted by Gasteiger charge is -2.04. The molecule has 0 aliphatic rings. The first kappa shape index (κ1) is 11.0. The van der Waals surface area contributed by atoms with Crippen LogP contribution in [0.15, 0.2) is 0 Å². The summed E-state index contributed by atoms with van der Waals surface area (Å²) >= 11 is 3.93. The summed E-state index contributed by atoms with van der Waals surface area (Å²) in [6.07, 6.45) is 1.61. The lowest BCUT2D eigenvalue weighted by molar-refractivity contribution is -0.120. The summed E-state index contributed by atoms with van der Waals surface area (Å²) in [4.78, 5) is 10.8. The molecule has 0 fully saturated rings. The predicted molar refractivity (Wildman–Crippen MR) is 50.4 cm³/mol. The van der Waals surface area contributed by atoms with Crippen LogP contribution < -0.4 is 5.32 Å². The number of nitrogens with one attached hydrogen (secondary N) is 1. The molecule has 0 aromatic rings. The molecular formula is C6H13NO2S2. The first-order valence-corrected chi connectivity index (χ1v) is 5.54. The molecule has 0 heterocycles. The Bertz CT molecular complexity index is 159. The van der Waals surface area contributed by atoms with Gasteiger partial charge in [-0.25, -0.2) is 0 Å². The van der Waals surface area contributed by atoms with Gasteiger partial charge in [-0.3, -0.25) is 9.00 Å². The smallest absolute Gasteiger partial charge is 0.232 e. The molecule has 0 radical (unpaired) electrons. The van der Waals surface area contributed by atoms with E-state index in [0.29, 0.717) is 12.3 Å². The van der Waals surface area contributed by atoms with Crippen LogP contribution in [0, 0.1) is 0 Å². The Balaban J connectivity index is 3.39. The van der Waals surface area contributed by atoms with Crippen molar-refractivity contribution < 1.29 is 9.00 Å². The third-order valence-corrected chi connectivity index (χ3v) is 2.08. The van der Waals surface area contributed by atoms with Crippen LogP contribution in [-0.4, -0.2) is 33.9 Å². The Labute approximate surface area is 74.8 Å². The van der Waals surface area contributed by atoms with Crippen molar-refractivity contribution in [1.82, 2.24) is 5.32 Å². The van der Waals surface area contributed by atoms with Crippen LogP contribution in [0.4, 0.5) is 0 Å². The molecule has 2 atom stereocenters. The van der Waals surface area contributed by atoms with Gasteiger partial charge in [0.25, 0.3) is 0 Å². The summed E-state index contributed by atoms with van der Waals surface area (Å²) in [6.45, 7) is 2.16. The minimum Gasteiger partial charge on any atom is -0.354 e. The molecule has 0 aromatic carbocycles. The number of rotatable bonds is 4. The summed E-state index contributed by atoms with van der Waals surface area (Å²) in [7, 11) is -0.835. The van der Waals surface area contributed by atoms with Gasteiger partial charge in [-0.1, -0.05) is 0 Å². The van der Waals surface area contributed by atoms with Crippen LogP contribution in [0.3, 0.4) is 0 Å². The molecule has 0 rings (SSSR count). The van der Waals surface area contributed by atoms with Gasteiger partial charge in [0.15, 0.2) is 0 Å². The number of hydrogen-bond donors (Lipinski definition) is 2. The highest BCUT2D eigenvalue weighted by molar-refractivity contribution is 7.84. The van der Waals surface area contributed by atoms with Crippen molar-refractivity contribution in [2.24, 2.45) is 0 Å². The summed E-state index contributed by atoms with van der Waals surface area (Å²) in [6, 6.07) is 0. The predicted octanol–water partition coefficient (Wildman–Crippen LogP) is -0.201. The highest BCUT2D eigenvalue weighted by atomic mass is 32.2. The molecule has 1 amide bonds. The van der Waals surface area contributed by atoms with Crippen LogP contribution in [0.1, 0.15) is 6.92 Å². The van der Waals surface area contributed by atoms with E-state index < -0.39 is 10.8 Å². The molecule has 0 aromatic heterocycles. The van der Waals surface area contributed by atoms with Crippen LogP contribution in [-0.2, 0) is 15.6 Å². The number of amides is 1. The molecule has 66 valence electrons. The van der Waals surface area contributed by atoms with Gasteiger partial charge in [-0.15, -0.1) is 0 Å². The fourth-order valence-electron chi connectivity index (χ4n) is 0.466. The average molecular weight is 195 g/mol. The van der Waals surface area contributed by atoms with Gasteiger partial charge >= 0.3 is 0 Å². The van der Waals surface area contributed by atoms with Crippen molar-refractivity contribution >= 4 is 29.3 Å². The molecule has 1 N–H and O–H groups in total. The van der Waals surface area contributed by atoms with E-state index in [1.54, 1.807) is 13.2 Å². The Morgan fingerprint density at radius 3 is 2.64 bits per heavy atom. The monoisotopic (exact) mass is 195 g/mol. The van der Waals surface area contributed by atoms with Gasteiger partial charge in [0.05, 0.1) is 5.25 Å². The van der Waals surface area contributed by atoms with E-state index in [1.165, 1.54) is 0 Å². The second kappa shape index (κ2) is 5.60. The van der Waals surface area contributed by atoms with Crippen LogP contribution in [0.2, 0.25) is 0 Å². The Morgan fingerprint density at radius 1 is 1.73 bits per heavy atom. The topological polar surface area (TPSA) is 46.2 Å². The molecule has 5 heteroatoms. The van der Waals surface area contributed by atoms with Gasteiger partial charge in [-0.2, -0.15) is 12.6 Å². The quantitative estimate of drug-likeness (QED) is 0.610. The first-order valence-electron chi connectivity index (χ1n) is 3.30.